The van der Waals surface area contributed by atoms with Crippen LogP contribution in [-0.4, -0.2) is 26.4 Å². The molecule has 0 unspecified atom stereocenters. The van der Waals surface area contributed by atoms with Crippen molar-refractivity contribution in [2.75, 3.05) is 16.7 Å². The van der Waals surface area contributed by atoms with Crippen molar-refractivity contribution in [3.05, 3.63) is 70.7 Å². The molecule has 1 heterocycles. The second-order valence-electron chi connectivity index (χ2n) is 6.08. The standard InChI is InChI=1S/C19H19N3O3S2/c1-13-7-9-16(10-8-13)22(3)27(24,25)17-6-4-5-15(11-17)18(23)21-19-20-14(2)12-26-19/h4-12H,1-3H3,(H,20,21,23). The topological polar surface area (TPSA) is 79.4 Å². The van der Waals surface area contributed by atoms with Crippen LogP contribution in [0.2, 0.25) is 0 Å². The largest absolute Gasteiger partial charge is 0.298 e. The van der Waals surface area contributed by atoms with Crippen LogP contribution in [0.25, 0.3) is 0 Å². The van der Waals surface area contributed by atoms with Crippen molar-refractivity contribution in [3.63, 3.8) is 0 Å². The lowest BCUT2D eigenvalue weighted by atomic mass is 10.2. The Balaban J connectivity index is 1.87. The number of hydrogen-bond donors (Lipinski definition) is 1. The summed E-state index contributed by atoms with van der Waals surface area (Å²) in [5.74, 6) is -0.403. The molecule has 1 N–H and O–H groups in total. The number of hydrogen-bond acceptors (Lipinski definition) is 5. The number of anilines is 2. The van der Waals surface area contributed by atoms with Crippen LogP contribution in [0.5, 0.6) is 0 Å². The Morgan fingerprint density at radius 3 is 2.44 bits per heavy atom. The Bertz CT molecular complexity index is 1070. The predicted octanol–water partition coefficient (Wildman–Crippen LogP) is 3.84. The molecule has 3 rings (SSSR count). The van der Waals surface area contributed by atoms with E-state index in [9.17, 15) is 13.2 Å². The van der Waals surface area contributed by atoms with E-state index in [4.69, 9.17) is 0 Å². The number of aryl methyl sites for hydroxylation is 2. The predicted molar refractivity (Wildman–Crippen MR) is 108 cm³/mol. The number of sulfonamides is 1. The van der Waals surface area contributed by atoms with Crippen molar-refractivity contribution in [2.24, 2.45) is 0 Å². The van der Waals surface area contributed by atoms with Gasteiger partial charge in [-0.15, -0.1) is 11.3 Å². The van der Waals surface area contributed by atoms with Crippen molar-refractivity contribution >= 4 is 38.1 Å². The Kier molecular flexibility index (Phi) is 5.29. The molecule has 2 aromatic carbocycles. The molecule has 0 fully saturated rings. The lowest BCUT2D eigenvalue weighted by Gasteiger charge is -2.20. The van der Waals surface area contributed by atoms with E-state index in [2.05, 4.69) is 10.3 Å². The first-order chi connectivity index (χ1) is 12.8. The van der Waals surface area contributed by atoms with Crippen LogP contribution < -0.4 is 9.62 Å². The third-order valence-corrected chi connectivity index (χ3v) is 6.65. The van der Waals surface area contributed by atoms with Gasteiger partial charge in [-0.1, -0.05) is 23.8 Å². The van der Waals surface area contributed by atoms with E-state index in [1.54, 1.807) is 24.3 Å². The molecule has 1 amide bonds. The van der Waals surface area contributed by atoms with Gasteiger partial charge in [-0.2, -0.15) is 0 Å². The summed E-state index contributed by atoms with van der Waals surface area (Å²) in [6.45, 7) is 3.77. The van der Waals surface area contributed by atoms with Gasteiger partial charge >= 0.3 is 0 Å². The summed E-state index contributed by atoms with van der Waals surface area (Å²) in [5, 5.41) is 4.99. The Morgan fingerprint density at radius 2 is 1.81 bits per heavy atom. The van der Waals surface area contributed by atoms with E-state index in [0.29, 0.717) is 10.8 Å². The van der Waals surface area contributed by atoms with Crippen LogP contribution >= 0.6 is 11.3 Å². The first-order valence-corrected chi connectivity index (χ1v) is 10.5. The molecule has 27 heavy (non-hydrogen) atoms. The van der Waals surface area contributed by atoms with Gasteiger partial charge in [0, 0.05) is 18.0 Å². The fourth-order valence-corrected chi connectivity index (χ4v) is 4.36. The first-order valence-electron chi connectivity index (χ1n) is 8.16. The number of benzene rings is 2. The van der Waals surface area contributed by atoms with Crippen LogP contribution in [0.4, 0.5) is 10.8 Å². The summed E-state index contributed by atoms with van der Waals surface area (Å²) in [5.41, 5.74) is 2.65. The molecule has 8 heteroatoms. The van der Waals surface area contributed by atoms with E-state index in [1.165, 1.54) is 34.8 Å². The summed E-state index contributed by atoms with van der Waals surface area (Å²) in [6.07, 6.45) is 0. The minimum Gasteiger partial charge on any atom is -0.298 e. The highest BCUT2D eigenvalue weighted by Crippen LogP contribution is 2.23. The van der Waals surface area contributed by atoms with Crippen LogP contribution in [-0.2, 0) is 10.0 Å². The van der Waals surface area contributed by atoms with Gasteiger partial charge in [-0.25, -0.2) is 13.4 Å². The van der Waals surface area contributed by atoms with Gasteiger partial charge in [0.25, 0.3) is 15.9 Å². The number of nitrogens with one attached hydrogen (secondary N) is 1. The van der Waals surface area contributed by atoms with Crippen molar-refractivity contribution in [1.82, 2.24) is 4.98 Å². The molecular formula is C19H19N3O3S2. The van der Waals surface area contributed by atoms with Gasteiger partial charge in [-0.05, 0) is 44.2 Å². The van der Waals surface area contributed by atoms with Gasteiger partial charge in [0.05, 0.1) is 16.3 Å². The molecule has 140 valence electrons. The highest BCUT2D eigenvalue weighted by Gasteiger charge is 2.22. The quantitative estimate of drug-likeness (QED) is 0.704. The molecular weight excluding hydrogens is 382 g/mol. The molecule has 0 radical (unpaired) electrons. The summed E-state index contributed by atoms with van der Waals surface area (Å²) in [7, 11) is -2.30. The summed E-state index contributed by atoms with van der Waals surface area (Å²) < 4.78 is 27.1. The second kappa shape index (κ2) is 7.50. The van der Waals surface area contributed by atoms with E-state index in [-0.39, 0.29) is 10.5 Å². The third-order valence-electron chi connectivity index (χ3n) is 3.99. The third kappa shape index (κ3) is 4.17. The van der Waals surface area contributed by atoms with Crippen LogP contribution in [0, 0.1) is 13.8 Å². The molecule has 0 aliphatic heterocycles. The zero-order valence-electron chi connectivity index (χ0n) is 15.1. The fourth-order valence-electron chi connectivity index (χ4n) is 2.43. The number of carbonyl (C=O) groups is 1. The Hall–Kier alpha value is -2.71. The average Bonchev–Trinajstić information content (AvgIpc) is 3.06. The number of rotatable bonds is 5. The first kappa shape index (κ1) is 19.1. The summed E-state index contributed by atoms with van der Waals surface area (Å²) in [4.78, 5) is 16.7. The van der Waals surface area contributed by atoms with Crippen LogP contribution in [0.3, 0.4) is 0 Å². The SMILES string of the molecule is Cc1ccc(N(C)S(=O)(=O)c2cccc(C(=O)Nc3nc(C)cs3)c2)cc1. The zero-order valence-corrected chi connectivity index (χ0v) is 16.8. The van der Waals surface area contributed by atoms with Gasteiger partial charge in [0.15, 0.2) is 5.13 Å². The van der Waals surface area contributed by atoms with E-state index >= 15 is 0 Å². The second-order valence-corrected chi connectivity index (χ2v) is 8.91. The van der Waals surface area contributed by atoms with Crippen molar-refractivity contribution in [1.29, 1.82) is 0 Å². The highest BCUT2D eigenvalue weighted by molar-refractivity contribution is 7.92. The van der Waals surface area contributed by atoms with Crippen molar-refractivity contribution in [3.8, 4) is 0 Å². The number of aromatic nitrogens is 1. The van der Waals surface area contributed by atoms with Crippen LogP contribution in [0.1, 0.15) is 21.6 Å². The molecule has 0 bridgehead atoms. The fraction of sp³-hybridized carbons (Fsp3) is 0.158. The van der Waals surface area contributed by atoms with Crippen molar-refractivity contribution < 1.29 is 13.2 Å². The van der Waals surface area contributed by atoms with Gasteiger partial charge in [-0.3, -0.25) is 14.4 Å². The maximum atomic E-state index is 12.9. The molecule has 1 aromatic heterocycles. The van der Waals surface area contributed by atoms with Crippen molar-refractivity contribution in [2.45, 2.75) is 18.7 Å². The highest BCUT2D eigenvalue weighted by atomic mass is 32.2. The Morgan fingerprint density at radius 1 is 1.11 bits per heavy atom. The minimum absolute atomic E-state index is 0.0496. The Labute approximate surface area is 162 Å². The molecule has 0 saturated heterocycles. The van der Waals surface area contributed by atoms with Gasteiger partial charge in [0.1, 0.15) is 0 Å². The van der Waals surface area contributed by atoms with Gasteiger partial charge < -0.3 is 0 Å². The van der Waals surface area contributed by atoms with E-state index in [0.717, 1.165) is 11.3 Å². The molecule has 3 aromatic rings. The lowest BCUT2D eigenvalue weighted by Crippen LogP contribution is -2.26. The maximum Gasteiger partial charge on any atom is 0.264 e. The summed E-state index contributed by atoms with van der Waals surface area (Å²) >= 11 is 1.32. The van der Waals surface area contributed by atoms with Crippen LogP contribution in [0.15, 0.2) is 58.8 Å². The molecule has 0 spiro atoms. The zero-order chi connectivity index (χ0) is 19.6. The monoisotopic (exact) mass is 401 g/mol. The number of carbonyl (C=O) groups excluding carboxylic acids is 1. The molecule has 0 aliphatic rings. The number of amides is 1. The molecule has 6 nitrogen and oxygen atoms in total. The summed E-state index contributed by atoms with van der Waals surface area (Å²) in [6, 6.07) is 13.2. The molecule has 0 atom stereocenters. The molecule has 0 saturated carbocycles. The lowest BCUT2D eigenvalue weighted by molar-refractivity contribution is 0.102. The van der Waals surface area contributed by atoms with E-state index < -0.39 is 15.9 Å². The van der Waals surface area contributed by atoms with E-state index in [1.807, 2.05) is 31.4 Å². The number of nitrogens with zero attached hydrogens (tertiary/aromatic N) is 2. The normalized spacial score (nSPS) is 11.2. The van der Waals surface area contributed by atoms with Gasteiger partial charge in [0.2, 0.25) is 0 Å². The number of thiazole rings is 1. The smallest absolute Gasteiger partial charge is 0.264 e. The maximum absolute atomic E-state index is 12.9. The average molecular weight is 402 g/mol. The molecule has 0 aliphatic carbocycles. The minimum atomic E-state index is -3.79.